The van der Waals surface area contributed by atoms with E-state index in [0.29, 0.717) is 18.1 Å². The van der Waals surface area contributed by atoms with E-state index in [1.165, 1.54) is 12.0 Å². The summed E-state index contributed by atoms with van der Waals surface area (Å²) in [5.74, 6) is 0.367. The van der Waals surface area contributed by atoms with E-state index in [0.717, 1.165) is 32.1 Å². The fourth-order valence-electron chi connectivity index (χ4n) is 4.51. The predicted octanol–water partition coefficient (Wildman–Crippen LogP) is 4.90. The van der Waals surface area contributed by atoms with Crippen molar-refractivity contribution >= 4 is 23.4 Å². The Balaban J connectivity index is 1.59. The summed E-state index contributed by atoms with van der Waals surface area (Å²) >= 11 is 1.61. The van der Waals surface area contributed by atoms with E-state index in [-0.39, 0.29) is 13.2 Å². The highest BCUT2D eigenvalue weighted by Crippen LogP contribution is 2.40. The van der Waals surface area contributed by atoms with Gasteiger partial charge in [-0.2, -0.15) is 0 Å². The van der Waals surface area contributed by atoms with Crippen molar-refractivity contribution in [3.63, 3.8) is 0 Å². The molecule has 9 heteroatoms. The number of carbonyl (C=O) groups is 2. The molecule has 0 spiro atoms. The lowest BCUT2D eigenvalue weighted by atomic mass is 10.0. The smallest absolute Gasteiger partial charge is 0.411 e. The van der Waals surface area contributed by atoms with E-state index < -0.39 is 18.1 Å². The molecule has 0 fully saturated rings. The van der Waals surface area contributed by atoms with Gasteiger partial charge in [0.2, 0.25) is 0 Å². The summed E-state index contributed by atoms with van der Waals surface area (Å²) in [6.45, 7) is 4.18. The fraction of sp³-hybridized carbons (Fsp3) is 0.259. The molecule has 3 heterocycles. The second-order valence-corrected chi connectivity index (χ2v) is 9.82. The number of fused-ring (bicyclic) bond motifs is 3. The van der Waals surface area contributed by atoms with Crippen LogP contribution in [0.25, 0.3) is 5.00 Å². The number of nitrogens with zero attached hydrogens (tertiary/aromatic N) is 4. The van der Waals surface area contributed by atoms with Crippen molar-refractivity contribution in [2.24, 2.45) is 0 Å². The molecule has 0 N–H and O–H groups in total. The van der Waals surface area contributed by atoms with Gasteiger partial charge in [0, 0.05) is 10.4 Å². The summed E-state index contributed by atoms with van der Waals surface area (Å²) in [6, 6.07) is 18.5. The van der Waals surface area contributed by atoms with Crippen molar-refractivity contribution in [3.8, 4) is 5.00 Å². The second kappa shape index (κ2) is 9.94. The molecular weight excluding hydrogens is 476 g/mol. The molecule has 0 bridgehead atoms. The maximum Gasteiger partial charge on any atom is 0.411 e. The molecule has 0 radical (unpaired) electrons. The van der Waals surface area contributed by atoms with Gasteiger partial charge in [-0.1, -0.05) is 60.7 Å². The van der Waals surface area contributed by atoms with Crippen LogP contribution in [0.4, 0.5) is 4.79 Å². The van der Waals surface area contributed by atoms with Crippen LogP contribution in [-0.2, 0) is 33.8 Å². The minimum atomic E-state index is -1.09. The first-order valence-corrected chi connectivity index (χ1v) is 12.4. The van der Waals surface area contributed by atoms with Crippen LogP contribution in [0.3, 0.4) is 0 Å². The standard InChI is InChI=1S/C27H26N4O4S/c1-17-21(14-19-10-6-4-7-11-19)22-15-30(27(33)35-16-20-12-8-5-9-13-20)23(26(32)34-3)24-29-28-18(2)31(24)25(22)36-17/h4-13,23H,14-16H2,1-3H3/t23-/m1/s1. The number of amides is 1. The SMILES string of the molecule is COC(=O)[C@H]1c2nnc(C)n2-c2sc(C)c(Cc3ccccc3)c2CN1C(=O)OCc1ccccc1. The Hall–Kier alpha value is -3.98. The number of esters is 1. The quantitative estimate of drug-likeness (QED) is 0.361. The lowest BCUT2D eigenvalue weighted by Gasteiger charge is -2.27. The van der Waals surface area contributed by atoms with Gasteiger partial charge in [-0.3, -0.25) is 9.47 Å². The molecule has 0 unspecified atom stereocenters. The van der Waals surface area contributed by atoms with Crippen molar-refractivity contribution in [1.82, 2.24) is 19.7 Å². The number of ether oxygens (including phenoxy) is 2. The van der Waals surface area contributed by atoms with Crippen molar-refractivity contribution < 1.29 is 19.1 Å². The molecule has 1 atom stereocenters. The first-order valence-electron chi connectivity index (χ1n) is 11.6. The van der Waals surface area contributed by atoms with Crippen LogP contribution in [0.2, 0.25) is 0 Å². The van der Waals surface area contributed by atoms with Gasteiger partial charge in [-0.05, 0) is 37.0 Å². The average molecular weight is 503 g/mol. The average Bonchev–Trinajstić information content (AvgIpc) is 3.37. The Bertz CT molecular complexity index is 1400. The molecule has 2 aromatic heterocycles. The third kappa shape index (κ3) is 4.37. The molecule has 5 rings (SSSR count). The molecule has 1 aliphatic rings. The van der Waals surface area contributed by atoms with Crippen LogP contribution in [0, 0.1) is 13.8 Å². The third-order valence-electron chi connectivity index (χ3n) is 6.32. The zero-order valence-corrected chi connectivity index (χ0v) is 21.1. The first kappa shape index (κ1) is 23.7. The number of methoxy groups -OCH3 is 1. The highest BCUT2D eigenvalue weighted by Gasteiger charge is 2.42. The van der Waals surface area contributed by atoms with E-state index >= 15 is 0 Å². The monoisotopic (exact) mass is 502 g/mol. The first-order chi connectivity index (χ1) is 17.5. The van der Waals surface area contributed by atoms with Gasteiger partial charge in [0.1, 0.15) is 17.4 Å². The molecule has 0 saturated carbocycles. The fourth-order valence-corrected chi connectivity index (χ4v) is 5.75. The van der Waals surface area contributed by atoms with E-state index in [1.54, 1.807) is 11.3 Å². The summed E-state index contributed by atoms with van der Waals surface area (Å²) in [6.07, 6.45) is 0.0778. The van der Waals surface area contributed by atoms with Crippen LogP contribution in [0.5, 0.6) is 0 Å². The maximum absolute atomic E-state index is 13.5. The molecule has 1 aliphatic heterocycles. The van der Waals surface area contributed by atoms with Crippen LogP contribution in [0.15, 0.2) is 60.7 Å². The Labute approximate surface area is 213 Å². The minimum Gasteiger partial charge on any atom is -0.467 e. The Morgan fingerprint density at radius 1 is 1.00 bits per heavy atom. The normalized spacial score (nSPS) is 14.5. The number of hydrogen-bond donors (Lipinski definition) is 0. The van der Waals surface area contributed by atoms with Crippen LogP contribution in [-0.4, -0.2) is 38.8 Å². The molecule has 8 nitrogen and oxygen atoms in total. The molecule has 0 aliphatic carbocycles. The van der Waals surface area contributed by atoms with Gasteiger partial charge < -0.3 is 9.47 Å². The van der Waals surface area contributed by atoms with E-state index in [9.17, 15) is 9.59 Å². The summed E-state index contributed by atoms with van der Waals surface area (Å²) < 4.78 is 12.7. The minimum absolute atomic E-state index is 0.0855. The number of thiophene rings is 1. The summed E-state index contributed by atoms with van der Waals surface area (Å²) in [5, 5.41) is 9.46. The zero-order valence-electron chi connectivity index (χ0n) is 20.3. The highest BCUT2D eigenvalue weighted by molar-refractivity contribution is 7.14. The van der Waals surface area contributed by atoms with Gasteiger partial charge in [0.25, 0.3) is 0 Å². The van der Waals surface area contributed by atoms with E-state index in [2.05, 4.69) is 29.3 Å². The number of carbonyl (C=O) groups excluding carboxylic acids is 2. The van der Waals surface area contributed by atoms with E-state index in [1.807, 2.05) is 60.0 Å². The summed E-state index contributed by atoms with van der Waals surface area (Å²) in [7, 11) is 1.30. The lowest BCUT2D eigenvalue weighted by molar-refractivity contribution is -0.147. The van der Waals surface area contributed by atoms with Crippen molar-refractivity contribution in [2.45, 2.75) is 39.5 Å². The van der Waals surface area contributed by atoms with Crippen LogP contribution in [0.1, 0.15) is 44.8 Å². The van der Waals surface area contributed by atoms with Crippen molar-refractivity contribution in [3.05, 3.63) is 99.4 Å². The van der Waals surface area contributed by atoms with Gasteiger partial charge in [0.15, 0.2) is 11.9 Å². The number of aromatic nitrogens is 3. The molecule has 4 aromatic rings. The largest absolute Gasteiger partial charge is 0.467 e. The number of benzene rings is 2. The summed E-state index contributed by atoms with van der Waals surface area (Å²) in [4.78, 5) is 29.1. The van der Waals surface area contributed by atoms with Crippen molar-refractivity contribution in [2.75, 3.05) is 7.11 Å². The molecule has 0 saturated heterocycles. The van der Waals surface area contributed by atoms with Crippen molar-refractivity contribution in [1.29, 1.82) is 0 Å². The molecule has 36 heavy (non-hydrogen) atoms. The molecule has 2 aromatic carbocycles. The Morgan fingerprint density at radius 3 is 2.33 bits per heavy atom. The molecule has 1 amide bonds. The van der Waals surface area contributed by atoms with Crippen LogP contribution < -0.4 is 0 Å². The topological polar surface area (TPSA) is 86.5 Å². The lowest BCUT2D eigenvalue weighted by Crippen LogP contribution is -2.39. The molecular formula is C27H26N4O4S. The van der Waals surface area contributed by atoms with Gasteiger partial charge in [-0.15, -0.1) is 21.5 Å². The number of rotatable bonds is 5. The second-order valence-electron chi connectivity index (χ2n) is 8.62. The summed E-state index contributed by atoms with van der Waals surface area (Å²) in [5.41, 5.74) is 4.08. The maximum atomic E-state index is 13.5. The number of hydrogen-bond acceptors (Lipinski definition) is 7. The van der Waals surface area contributed by atoms with Crippen LogP contribution >= 0.6 is 11.3 Å². The number of aryl methyl sites for hydroxylation is 2. The Morgan fingerprint density at radius 2 is 1.67 bits per heavy atom. The van der Waals surface area contributed by atoms with Gasteiger partial charge in [-0.25, -0.2) is 9.59 Å². The third-order valence-corrected chi connectivity index (χ3v) is 7.50. The Kier molecular flexibility index (Phi) is 6.56. The molecule has 184 valence electrons. The zero-order chi connectivity index (χ0) is 25.2. The van der Waals surface area contributed by atoms with Gasteiger partial charge >= 0.3 is 12.1 Å². The van der Waals surface area contributed by atoms with E-state index in [4.69, 9.17) is 9.47 Å². The van der Waals surface area contributed by atoms with Gasteiger partial charge in [0.05, 0.1) is 13.7 Å². The highest BCUT2D eigenvalue weighted by atomic mass is 32.1. The predicted molar refractivity (Wildman–Crippen MR) is 135 cm³/mol.